The van der Waals surface area contributed by atoms with E-state index >= 15 is 0 Å². The van der Waals surface area contributed by atoms with Crippen molar-refractivity contribution in [2.45, 2.75) is 102 Å². The van der Waals surface area contributed by atoms with Gasteiger partial charge in [-0.2, -0.15) is 0 Å². The average molecular weight is 609 g/mol. The highest BCUT2D eigenvalue weighted by molar-refractivity contribution is 6.74. The molecular formula is C29H39Cl2N3O5Si. The number of rotatable bonds is 8. The molecule has 0 saturated carbocycles. The highest BCUT2D eigenvalue weighted by Gasteiger charge is 2.58. The SMILES string of the molecule is CC1(C)O[C@H]2[C@@H](O1)[C@H](n1ccc3c(Cl)ncnc31)O[C@@H]2[C@H](O)c1ccc(Cl)cc1CCCO[Si](C)(C)C(C)(C)C. The van der Waals surface area contributed by atoms with E-state index < -0.39 is 44.7 Å². The number of halogens is 2. The Hall–Kier alpha value is -1.56. The van der Waals surface area contributed by atoms with Gasteiger partial charge >= 0.3 is 0 Å². The molecule has 218 valence electrons. The van der Waals surface area contributed by atoms with Gasteiger partial charge in [-0.25, -0.2) is 9.97 Å². The van der Waals surface area contributed by atoms with Crippen molar-refractivity contribution >= 4 is 42.6 Å². The van der Waals surface area contributed by atoms with Crippen LogP contribution in [0.5, 0.6) is 0 Å². The molecule has 5 rings (SSSR count). The number of ether oxygens (including phenoxy) is 3. The van der Waals surface area contributed by atoms with Crippen LogP contribution in [0.4, 0.5) is 0 Å². The van der Waals surface area contributed by atoms with Gasteiger partial charge in [-0.3, -0.25) is 0 Å². The van der Waals surface area contributed by atoms with Crippen LogP contribution in [0.15, 0.2) is 36.8 Å². The fraction of sp³-hybridized carbons (Fsp3) is 0.586. The molecule has 1 aromatic carbocycles. The van der Waals surface area contributed by atoms with Crippen LogP contribution in [0, 0.1) is 0 Å². The summed E-state index contributed by atoms with van der Waals surface area (Å²) in [5.74, 6) is -0.838. The van der Waals surface area contributed by atoms with Gasteiger partial charge in [0.05, 0.1) is 5.39 Å². The van der Waals surface area contributed by atoms with Gasteiger partial charge in [0.25, 0.3) is 0 Å². The van der Waals surface area contributed by atoms with Gasteiger partial charge in [-0.15, -0.1) is 0 Å². The van der Waals surface area contributed by atoms with E-state index in [2.05, 4.69) is 43.8 Å². The first-order chi connectivity index (χ1) is 18.7. The minimum Gasteiger partial charge on any atom is -0.417 e. The van der Waals surface area contributed by atoms with Crippen LogP contribution < -0.4 is 0 Å². The minimum absolute atomic E-state index is 0.150. The third-order valence-corrected chi connectivity index (χ3v) is 13.5. The molecule has 0 amide bonds. The second-order valence-corrected chi connectivity index (χ2v) is 18.3. The number of aliphatic hydroxyl groups excluding tert-OH is 1. The van der Waals surface area contributed by atoms with E-state index in [-0.39, 0.29) is 5.04 Å². The van der Waals surface area contributed by atoms with Gasteiger partial charge in [-0.1, -0.05) is 50.0 Å². The van der Waals surface area contributed by atoms with Crippen molar-refractivity contribution in [3.8, 4) is 0 Å². The van der Waals surface area contributed by atoms with Crippen LogP contribution in [-0.4, -0.2) is 58.7 Å². The number of fused-ring (bicyclic) bond motifs is 2. The van der Waals surface area contributed by atoms with E-state index in [0.717, 1.165) is 17.5 Å². The zero-order valence-electron chi connectivity index (χ0n) is 24.1. The minimum atomic E-state index is -1.84. The van der Waals surface area contributed by atoms with Crippen molar-refractivity contribution in [2.75, 3.05) is 6.61 Å². The number of aryl methyl sites for hydroxylation is 1. The van der Waals surface area contributed by atoms with Gasteiger partial charge in [0.2, 0.25) is 0 Å². The molecule has 5 atom stereocenters. The van der Waals surface area contributed by atoms with Crippen LogP contribution in [0.2, 0.25) is 28.3 Å². The normalized spacial score (nSPS) is 25.4. The summed E-state index contributed by atoms with van der Waals surface area (Å²) >= 11 is 12.7. The molecule has 2 aliphatic rings. The highest BCUT2D eigenvalue weighted by atomic mass is 35.5. The third kappa shape index (κ3) is 5.72. The second kappa shape index (κ2) is 10.9. The zero-order chi connectivity index (χ0) is 29.0. The van der Waals surface area contributed by atoms with E-state index in [9.17, 15) is 5.11 Å². The molecule has 2 aromatic heterocycles. The topological polar surface area (TPSA) is 87.9 Å². The smallest absolute Gasteiger partial charge is 0.191 e. The molecule has 2 saturated heterocycles. The average Bonchev–Trinajstić information content (AvgIpc) is 3.52. The van der Waals surface area contributed by atoms with Crippen LogP contribution in [-0.2, 0) is 25.1 Å². The number of aliphatic hydroxyl groups is 1. The van der Waals surface area contributed by atoms with Crippen molar-refractivity contribution in [1.29, 1.82) is 0 Å². The number of aromatic nitrogens is 3. The van der Waals surface area contributed by atoms with Crippen molar-refractivity contribution in [1.82, 2.24) is 14.5 Å². The molecule has 40 heavy (non-hydrogen) atoms. The first-order valence-electron chi connectivity index (χ1n) is 13.8. The summed E-state index contributed by atoms with van der Waals surface area (Å²) in [6.45, 7) is 15.6. The molecule has 1 N–H and O–H groups in total. The Morgan fingerprint density at radius 2 is 1.85 bits per heavy atom. The van der Waals surface area contributed by atoms with Crippen LogP contribution in [0.1, 0.15) is 64.5 Å². The second-order valence-electron chi connectivity index (χ2n) is 12.7. The van der Waals surface area contributed by atoms with E-state index in [4.69, 9.17) is 41.8 Å². The Morgan fingerprint density at radius 3 is 2.58 bits per heavy atom. The van der Waals surface area contributed by atoms with Crippen LogP contribution >= 0.6 is 23.2 Å². The maximum atomic E-state index is 11.8. The Labute approximate surface area is 247 Å². The number of hydrogen-bond donors (Lipinski definition) is 1. The quantitative estimate of drug-likeness (QED) is 0.170. The lowest BCUT2D eigenvalue weighted by Gasteiger charge is -2.36. The zero-order valence-corrected chi connectivity index (χ0v) is 26.7. The fourth-order valence-electron chi connectivity index (χ4n) is 5.29. The number of benzene rings is 1. The summed E-state index contributed by atoms with van der Waals surface area (Å²) in [7, 11) is -1.84. The summed E-state index contributed by atoms with van der Waals surface area (Å²) in [4.78, 5) is 8.51. The third-order valence-electron chi connectivity index (χ3n) is 8.39. The molecule has 3 aromatic rings. The predicted octanol–water partition coefficient (Wildman–Crippen LogP) is 6.84. The van der Waals surface area contributed by atoms with Crippen LogP contribution in [0.3, 0.4) is 0 Å². The van der Waals surface area contributed by atoms with Crippen LogP contribution in [0.25, 0.3) is 11.0 Å². The van der Waals surface area contributed by atoms with E-state index in [1.165, 1.54) is 6.33 Å². The van der Waals surface area contributed by atoms with Crippen molar-refractivity contribution in [3.05, 3.63) is 58.1 Å². The maximum absolute atomic E-state index is 11.8. The Kier molecular flexibility index (Phi) is 8.17. The van der Waals surface area contributed by atoms with Crippen molar-refractivity contribution in [2.24, 2.45) is 0 Å². The van der Waals surface area contributed by atoms with Gasteiger partial charge in [0.15, 0.2) is 20.3 Å². The van der Waals surface area contributed by atoms with Crippen molar-refractivity contribution < 1.29 is 23.7 Å². The van der Waals surface area contributed by atoms with Gasteiger partial charge in [0, 0.05) is 17.8 Å². The molecular weight excluding hydrogens is 569 g/mol. The lowest BCUT2D eigenvalue weighted by atomic mass is 9.93. The van der Waals surface area contributed by atoms with E-state index in [0.29, 0.717) is 34.2 Å². The molecule has 0 aliphatic carbocycles. The highest BCUT2D eigenvalue weighted by Crippen LogP contribution is 2.47. The monoisotopic (exact) mass is 607 g/mol. The van der Waals surface area contributed by atoms with Gasteiger partial charge in [0.1, 0.15) is 41.5 Å². The summed E-state index contributed by atoms with van der Waals surface area (Å²) < 4.78 is 27.4. The Balaban J connectivity index is 1.39. The van der Waals surface area contributed by atoms with Gasteiger partial charge < -0.3 is 28.3 Å². The summed E-state index contributed by atoms with van der Waals surface area (Å²) in [6.07, 6.45) is 1.60. The summed E-state index contributed by atoms with van der Waals surface area (Å²) in [5.41, 5.74) is 2.35. The Morgan fingerprint density at radius 1 is 1.12 bits per heavy atom. The predicted molar refractivity (Wildman–Crippen MR) is 158 cm³/mol. The molecule has 0 bridgehead atoms. The largest absolute Gasteiger partial charge is 0.417 e. The molecule has 4 heterocycles. The Bertz CT molecular complexity index is 1380. The van der Waals surface area contributed by atoms with E-state index in [1.54, 1.807) is 6.07 Å². The number of hydrogen-bond acceptors (Lipinski definition) is 7. The standard InChI is InChI=1S/C29H39Cl2N3O5Si/c1-28(2,3)40(6,7)36-14-8-9-17-15-18(30)10-11-19(17)21(35)22-23-24(39-29(4,5)38-23)27(37-22)34-13-12-20-25(31)32-16-33-26(20)34/h10-13,15-16,21-24,27,35H,8-9,14H2,1-7H3/t21-,22-,23-,24-,27-/m1/s1. The van der Waals surface area contributed by atoms with Crippen molar-refractivity contribution in [3.63, 3.8) is 0 Å². The maximum Gasteiger partial charge on any atom is 0.191 e. The molecule has 2 aliphatic heterocycles. The summed E-state index contributed by atoms with van der Waals surface area (Å²) in [5, 5.41) is 13.6. The molecule has 0 unspecified atom stereocenters. The molecule has 2 fully saturated rings. The number of nitrogens with zero attached hydrogens (tertiary/aromatic N) is 3. The molecule has 0 radical (unpaired) electrons. The summed E-state index contributed by atoms with van der Waals surface area (Å²) in [6, 6.07) is 7.45. The lowest BCUT2D eigenvalue weighted by Crippen LogP contribution is -2.41. The lowest BCUT2D eigenvalue weighted by molar-refractivity contribution is -0.207. The molecule has 0 spiro atoms. The first-order valence-corrected chi connectivity index (χ1v) is 17.4. The van der Waals surface area contributed by atoms with E-state index in [1.807, 2.05) is 42.8 Å². The van der Waals surface area contributed by atoms with Gasteiger partial charge in [-0.05, 0) is 74.1 Å². The molecule has 8 nitrogen and oxygen atoms in total. The fourth-order valence-corrected chi connectivity index (χ4v) is 6.77. The first kappa shape index (κ1) is 29.9. The molecule has 11 heteroatoms.